The minimum atomic E-state index is -4.73. The zero-order valence-corrected chi connectivity index (χ0v) is 12.0. The van der Waals surface area contributed by atoms with Gasteiger partial charge in [0.1, 0.15) is 24.1 Å². The molecule has 24 heavy (non-hydrogen) atoms. The van der Waals surface area contributed by atoms with Crippen molar-refractivity contribution in [2.45, 2.75) is 6.36 Å². The lowest BCUT2D eigenvalue weighted by molar-refractivity contribution is -0.274. The maximum Gasteiger partial charge on any atom is 0.573 e. The predicted molar refractivity (Wildman–Crippen MR) is 80.0 cm³/mol. The molecule has 0 saturated carbocycles. The molecular weight excluding hydrogens is 325 g/mol. The number of hydrogen-bond donors (Lipinski definition) is 2. The van der Waals surface area contributed by atoms with Crippen LogP contribution in [0.4, 0.5) is 30.4 Å². The summed E-state index contributed by atoms with van der Waals surface area (Å²) in [7, 11) is 0. The Morgan fingerprint density at radius 1 is 1.12 bits per heavy atom. The number of anilines is 3. The first-order valence-electron chi connectivity index (χ1n) is 6.64. The van der Waals surface area contributed by atoms with Crippen molar-refractivity contribution in [3.63, 3.8) is 0 Å². The quantitative estimate of drug-likeness (QED) is 0.761. The van der Waals surface area contributed by atoms with Gasteiger partial charge in [-0.2, -0.15) is 0 Å². The van der Waals surface area contributed by atoms with Crippen molar-refractivity contribution < 1.29 is 17.9 Å². The molecule has 1 aromatic carbocycles. The maximum atomic E-state index is 12.1. The molecule has 0 spiro atoms. The van der Waals surface area contributed by atoms with Crippen molar-refractivity contribution >= 4 is 17.2 Å². The fourth-order valence-electron chi connectivity index (χ4n) is 1.95. The van der Waals surface area contributed by atoms with E-state index in [1.807, 2.05) is 0 Å². The Labute approximate surface area is 133 Å². The maximum absolute atomic E-state index is 12.1. The molecule has 0 atom stereocenters. The van der Waals surface area contributed by atoms with Crippen LogP contribution in [0.1, 0.15) is 0 Å². The molecule has 3 N–H and O–H groups in total. The molecule has 7 nitrogen and oxygen atoms in total. The number of benzene rings is 1. The minimum absolute atomic E-state index is 0.270. The molecule has 0 radical (unpaired) electrons. The first-order valence-corrected chi connectivity index (χ1v) is 6.64. The van der Waals surface area contributed by atoms with Crippen LogP contribution in [0.15, 0.2) is 49.3 Å². The molecule has 0 aliphatic heterocycles. The number of ether oxygens (including phenoxy) is 1. The first-order chi connectivity index (χ1) is 11.4. The van der Waals surface area contributed by atoms with E-state index in [0.29, 0.717) is 17.3 Å². The summed E-state index contributed by atoms with van der Waals surface area (Å²) < 4.78 is 41.8. The normalized spacial score (nSPS) is 11.3. The van der Waals surface area contributed by atoms with Crippen LogP contribution in [0, 0.1) is 0 Å². The third-order valence-corrected chi connectivity index (χ3v) is 2.96. The molecule has 0 aliphatic carbocycles. The van der Waals surface area contributed by atoms with E-state index in [0.717, 1.165) is 0 Å². The van der Waals surface area contributed by atoms with Crippen molar-refractivity contribution in [2.24, 2.45) is 0 Å². The fraction of sp³-hybridized carbons (Fsp3) is 0.0714. The molecule has 0 bridgehead atoms. The van der Waals surface area contributed by atoms with E-state index >= 15 is 0 Å². The molecule has 124 valence electrons. The Balaban J connectivity index is 1.80. The zero-order valence-electron chi connectivity index (χ0n) is 12.0. The Bertz CT molecular complexity index is 818. The summed E-state index contributed by atoms with van der Waals surface area (Å²) in [5.74, 6) is 0.433. The van der Waals surface area contributed by atoms with Crippen molar-refractivity contribution in [1.29, 1.82) is 0 Å². The predicted octanol–water partition coefficient (Wildman–Crippen LogP) is 2.89. The highest BCUT2D eigenvalue weighted by atomic mass is 19.4. The molecule has 0 amide bonds. The van der Waals surface area contributed by atoms with Gasteiger partial charge in [0.2, 0.25) is 0 Å². The van der Waals surface area contributed by atoms with Crippen LogP contribution in [0.25, 0.3) is 5.82 Å². The summed E-state index contributed by atoms with van der Waals surface area (Å²) in [4.78, 5) is 12.0. The van der Waals surface area contributed by atoms with E-state index in [9.17, 15) is 13.2 Å². The first kappa shape index (κ1) is 15.6. The summed E-state index contributed by atoms with van der Waals surface area (Å²) >= 11 is 0. The lowest BCUT2D eigenvalue weighted by atomic mass is 10.3. The van der Waals surface area contributed by atoms with Crippen LogP contribution in [-0.4, -0.2) is 25.9 Å². The fourth-order valence-corrected chi connectivity index (χ4v) is 1.95. The smallest absolute Gasteiger partial charge is 0.406 e. The van der Waals surface area contributed by atoms with Crippen molar-refractivity contribution in [2.75, 3.05) is 11.1 Å². The van der Waals surface area contributed by atoms with Gasteiger partial charge in [0, 0.05) is 18.1 Å². The standard InChI is InChI=1S/C14H11F3N6O/c15-14(16,17)24-10-3-1-9(2-4-10)22-12-11(18)13(21-7-20-12)23-6-5-19-8-23/h1-8H,18H2,(H,20,21,22). The molecule has 0 unspecified atom stereocenters. The molecule has 3 aromatic rings. The van der Waals surface area contributed by atoms with Crippen LogP contribution >= 0.6 is 0 Å². The highest BCUT2D eigenvalue weighted by Crippen LogP contribution is 2.27. The van der Waals surface area contributed by atoms with Crippen molar-refractivity contribution in [3.8, 4) is 11.6 Å². The van der Waals surface area contributed by atoms with Gasteiger partial charge in [-0.3, -0.25) is 4.57 Å². The highest BCUT2D eigenvalue weighted by molar-refractivity contribution is 5.74. The average molecular weight is 336 g/mol. The van der Waals surface area contributed by atoms with E-state index in [1.54, 1.807) is 17.0 Å². The van der Waals surface area contributed by atoms with Crippen molar-refractivity contribution in [1.82, 2.24) is 19.5 Å². The van der Waals surface area contributed by atoms with Gasteiger partial charge < -0.3 is 15.8 Å². The number of imidazole rings is 1. The van der Waals surface area contributed by atoms with E-state index < -0.39 is 6.36 Å². The monoisotopic (exact) mass is 336 g/mol. The second-order valence-electron chi connectivity index (χ2n) is 4.63. The summed E-state index contributed by atoms with van der Waals surface area (Å²) in [5.41, 5.74) is 6.79. The zero-order chi connectivity index (χ0) is 17.2. The lowest BCUT2D eigenvalue weighted by Crippen LogP contribution is -2.17. The number of nitrogens with zero attached hydrogens (tertiary/aromatic N) is 4. The summed E-state index contributed by atoms with van der Waals surface area (Å²) in [6.45, 7) is 0. The van der Waals surface area contributed by atoms with Gasteiger partial charge in [-0.25, -0.2) is 15.0 Å². The van der Waals surface area contributed by atoms with E-state index in [2.05, 4.69) is 25.0 Å². The molecule has 2 aromatic heterocycles. The number of alkyl halides is 3. The number of halogens is 3. The third kappa shape index (κ3) is 3.54. The van der Waals surface area contributed by atoms with Crippen LogP contribution in [0.5, 0.6) is 5.75 Å². The van der Waals surface area contributed by atoms with Gasteiger partial charge in [-0.05, 0) is 24.3 Å². The van der Waals surface area contributed by atoms with Crippen LogP contribution in [-0.2, 0) is 0 Å². The SMILES string of the molecule is Nc1c(Nc2ccc(OC(F)(F)F)cc2)ncnc1-n1ccnc1. The average Bonchev–Trinajstić information content (AvgIpc) is 3.04. The van der Waals surface area contributed by atoms with Gasteiger partial charge >= 0.3 is 6.36 Å². The van der Waals surface area contributed by atoms with Gasteiger partial charge in [0.15, 0.2) is 11.6 Å². The van der Waals surface area contributed by atoms with Crippen LogP contribution < -0.4 is 15.8 Å². The number of rotatable bonds is 4. The summed E-state index contributed by atoms with van der Waals surface area (Å²) in [6, 6.07) is 5.20. The lowest BCUT2D eigenvalue weighted by Gasteiger charge is -2.12. The molecule has 0 aliphatic rings. The number of nitrogens with two attached hydrogens (primary N) is 1. The molecular formula is C14H11F3N6O. The Hall–Kier alpha value is -3.30. The molecule has 0 fully saturated rings. The minimum Gasteiger partial charge on any atom is -0.406 e. The van der Waals surface area contributed by atoms with E-state index in [1.165, 1.54) is 36.9 Å². The Morgan fingerprint density at radius 2 is 1.88 bits per heavy atom. The van der Waals surface area contributed by atoms with Gasteiger partial charge in [-0.1, -0.05) is 0 Å². The third-order valence-electron chi connectivity index (χ3n) is 2.96. The molecule has 0 saturated heterocycles. The van der Waals surface area contributed by atoms with E-state index in [-0.39, 0.29) is 11.4 Å². The van der Waals surface area contributed by atoms with Gasteiger partial charge in [-0.15, -0.1) is 13.2 Å². The second-order valence-corrected chi connectivity index (χ2v) is 4.63. The second kappa shape index (κ2) is 6.07. The summed E-state index contributed by atoms with van der Waals surface area (Å²) in [5, 5.41) is 2.92. The topological polar surface area (TPSA) is 90.9 Å². The number of hydrogen-bond acceptors (Lipinski definition) is 6. The van der Waals surface area contributed by atoms with Gasteiger partial charge in [0.25, 0.3) is 0 Å². The molecule has 10 heteroatoms. The van der Waals surface area contributed by atoms with Crippen LogP contribution in [0.3, 0.4) is 0 Å². The molecule has 3 rings (SSSR count). The largest absolute Gasteiger partial charge is 0.573 e. The highest BCUT2D eigenvalue weighted by Gasteiger charge is 2.30. The Kier molecular flexibility index (Phi) is 3.94. The van der Waals surface area contributed by atoms with Crippen LogP contribution in [0.2, 0.25) is 0 Å². The number of nitrogens with one attached hydrogen (secondary N) is 1. The molecule has 2 heterocycles. The number of aromatic nitrogens is 4. The van der Waals surface area contributed by atoms with E-state index in [4.69, 9.17) is 5.73 Å². The van der Waals surface area contributed by atoms with Crippen molar-refractivity contribution in [3.05, 3.63) is 49.3 Å². The van der Waals surface area contributed by atoms with Gasteiger partial charge in [0.05, 0.1) is 0 Å². The number of nitrogen functional groups attached to an aromatic ring is 1. The summed E-state index contributed by atoms with van der Waals surface area (Å²) in [6.07, 6.45) is 1.37. The Morgan fingerprint density at radius 3 is 2.50 bits per heavy atom.